The molecule has 0 fully saturated rings. The molecule has 1 rings (SSSR count). The van der Waals surface area contributed by atoms with Gasteiger partial charge in [0, 0.05) is 5.69 Å². The van der Waals surface area contributed by atoms with Crippen molar-refractivity contribution in [3.63, 3.8) is 0 Å². The normalized spacial score (nSPS) is 10.7. The second-order valence-corrected chi connectivity index (χ2v) is 4.42. The molecule has 1 aromatic rings. The molecule has 2 heteroatoms. The summed E-state index contributed by atoms with van der Waals surface area (Å²) in [6.45, 7) is 15.5. The van der Waals surface area contributed by atoms with E-state index in [4.69, 9.17) is 12.3 Å². The lowest BCUT2D eigenvalue weighted by Gasteiger charge is -2.17. The first-order chi connectivity index (χ1) is 6.99. The highest BCUT2D eigenvalue weighted by molar-refractivity contribution is 5.69. The van der Waals surface area contributed by atoms with Gasteiger partial charge in [0.25, 0.3) is 0 Å². The van der Waals surface area contributed by atoms with Gasteiger partial charge in [-0.05, 0) is 23.0 Å². The summed E-state index contributed by atoms with van der Waals surface area (Å²) in [4.78, 5) is 3.52. The maximum Gasteiger partial charge on any atom is 0.192 e. The van der Waals surface area contributed by atoms with Gasteiger partial charge in [-0.15, -0.1) is 0 Å². The minimum atomic E-state index is 0.299. The molecule has 2 N–H and O–H groups in total. The number of nitrogens with zero attached hydrogens (tertiary/aromatic N) is 1. The highest BCUT2D eigenvalue weighted by Crippen LogP contribution is 2.36. The van der Waals surface area contributed by atoms with E-state index in [-0.39, 0.29) is 0 Å². The standard InChI is InChI=1S/C13H18N2/c1-8(2)10-6-7-11(15-5)12(9(3)4)13(10)14/h6-9H,14H2,1-4H3. The maximum absolute atomic E-state index is 7.12. The van der Waals surface area contributed by atoms with Gasteiger partial charge in [-0.2, -0.15) is 0 Å². The molecule has 0 saturated heterocycles. The van der Waals surface area contributed by atoms with Crippen LogP contribution in [0, 0.1) is 6.57 Å². The average Bonchev–Trinajstić information content (AvgIpc) is 2.15. The van der Waals surface area contributed by atoms with E-state index in [0.29, 0.717) is 17.5 Å². The van der Waals surface area contributed by atoms with Gasteiger partial charge in [-0.1, -0.05) is 39.8 Å². The van der Waals surface area contributed by atoms with Crippen LogP contribution in [0.15, 0.2) is 12.1 Å². The molecular formula is C13H18N2. The van der Waals surface area contributed by atoms with Crippen LogP contribution in [0.25, 0.3) is 4.85 Å². The molecule has 0 radical (unpaired) electrons. The molecule has 80 valence electrons. The van der Waals surface area contributed by atoms with E-state index in [1.165, 1.54) is 0 Å². The fourth-order valence-corrected chi connectivity index (χ4v) is 1.85. The quantitative estimate of drug-likeness (QED) is 0.568. The first kappa shape index (κ1) is 11.6. The molecule has 0 atom stereocenters. The van der Waals surface area contributed by atoms with Crippen LogP contribution in [0.1, 0.15) is 50.7 Å². The van der Waals surface area contributed by atoms with Crippen molar-refractivity contribution in [2.75, 3.05) is 5.73 Å². The third kappa shape index (κ3) is 2.12. The lowest BCUT2D eigenvalue weighted by Crippen LogP contribution is -2.02. The molecule has 0 unspecified atom stereocenters. The Bertz CT molecular complexity index is 398. The SMILES string of the molecule is [C-]#[N+]c1ccc(C(C)C)c(N)c1C(C)C. The molecular weight excluding hydrogens is 184 g/mol. The Morgan fingerprint density at radius 1 is 1.13 bits per heavy atom. The van der Waals surface area contributed by atoms with Gasteiger partial charge in [0.2, 0.25) is 0 Å². The second-order valence-electron chi connectivity index (χ2n) is 4.42. The summed E-state index contributed by atoms with van der Waals surface area (Å²) in [5.41, 5.74) is 9.75. The number of anilines is 1. The Labute approximate surface area is 91.9 Å². The highest BCUT2D eigenvalue weighted by Gasteiger charge is 2.15. The smallest absolute Gasteiger partial charge is 0.192 e. The van der Waals surface area contributed by atoms with Crippen molar-refractivity contribution in [1.82, 2.24) is 0 Å². The van der Waals surface area contributed by atoms with E-state index in [9.17, 15) is 0 Å². The van der Waals surface area contributed by atoms with Crippen molar-refractivity contribution < 1.29 is 0 Å². The number of benzene rings is 1. The number of nitrogen functional groups attached to an aromatic ring is 1. The molecule has 0 heterocycles. The summed E-state index contributed by atoms with van der Waals surface area (Å²) in [5.74, 6) is 0.704. The fourth-order valence-electron chi connectivity index (χ4n) is 1.85. The third-order valence-corrected chi connectivity index (χ3v) is 2.62. The zero-order valence-electron chi connectivity index (χ0n) is 9.83. The van der Waals surface area contributed by atoms with Crippen LogP contribution >= 0.6 is 0 Å². The van der Waals surface area contributed by atoms with Crippen molar-refractivity contribution in [1.29, 1.82) is 0 Å². The third-order valence-electron chi connectivity index (χ3n) is 2.62. The van der Waals surface area contributed by atoms with Gasteiger partial charge < -0.3 is 5.73 Å². The Morgan fingerprint density at radius 2 is 1.73 bits per heavy atom. The van der Waals surface area contributed by atoms with Crippen LogP contribution in [0.2, 0.25) is 0 Å². The number of nitrogens with two attached hydrogens (primary N) is 1. The van der Waals surface area contributed by atoms with E-state index >= 15 is 0 Å². The minimum Gasteiger partial charge on any atom is -0.399 e. The first-order valence-electron chi connectivity index (χ1n) is 5.28. The molecule has 0 aliphatic carbocycles. The van der Waals surface area contributed by atoms with E-state index in [0.717, 1.165) is 16.8 Å². The summed E-state index contributed by atoms with van der Waals surface area (Å²) in [5, 5.41) is 0. The van der Waals surface area contributed by atoms with Gasteiger partial charge >= 0.3 is 0 Å². The Kier molecular flexibility index (Phi) is 3.36. The largest absolute Gasteiger partial charge is 0.399 e. The van der Waals surface area contributed by atoms with Crippen LogP contribution in [-0.4, -0.2) is 0 Å². The molecule has 0 saturated carbocycles. The Morgan fingerprint density at radius 3 is 2.13 bits per heavy atom. The molecule has 15 heavy (non-hydrogen) atoms. The van der Waals surface area contributed by atoms with E-state index in [1.54, 1.807) is 0 Å². The summed E-state index contributed by atoms with van der Waals surface area (Å²) in [6.07, 6.45) is 0. The molecule has 1 aromatic carbocycles. The van der Waals surface area contributed by atoms with Crippen molar-refractivity contribution in [3.05, 3.63) is 34.7 Å². The molecule has 0 amide bonds. The molecule has 2 nitrogen and oxygen atoms in total. The van der Waals surface area contributed by atoms with Crippen LogP contribution in [0.5, 0.6) is 0 Å². The fraction of sp³-hybridized carbons (Fsp3) is 0.462. The Hall–Kier alpha value is -1.49. The second kappa shape index (κ2) is 4.35. The monoisotopic (exact) mass is 202 g/mol. The van der Waals surface area contributed by atoms with E-state index in [1.807, 2.05) is 12.1 Å². The number of rotatable bonds is 2. The van der Waals surface area contributed by atoms with Crippen molar-refractivity contribution in [2.45, 2.75) is 39.5 Å². The average molecular weight is 202 g/mol. The van der Waals surface area contributed by atoms with Gasteiger partial charge in [0.15, 0.2) is 5.69 Å². The number of hydrogen-bond acceptors (Lipinski definition) is 1. The van der Waals surface area contributed by atoms with Gasteiger partial charge in [-0.3, -0.25) is 0 Å². The van der Waals surface area contributed by atoms with Gasteiger partial charge in [0.1, 0.15) is 0 Å². The topological polar surface area (TPSA) is 30.4 Å². The van der Waals surface area contributed by atoms with Gasteiger partial charge in [-0.25, -0.2) is 4.85 Å². The number of hydrogen-bond donors (Lipinski definition) is 1. The summed E-state index contributed by atoms with van der Waals surface area (Å²) in [7, 11) is 0. The molecule has 0 bridgehead atoms. The predicted molar refractivity (Wildman–Crippen MR) is 65.3 cm³/mol. The Balaban J connectivity index is 3.44. The van der Waals surface area contributed by atoms with Crippen LogP contribution in [0.3, 0.4) is 0 Å². The lowest BCUT2D eigenvalue weighted by molar-refractivity contribution is 0.843. The van der Waals surface area contributed by atoms with Crippen molar-refractivity contribution in [3.8, 4) is 0 Å². The van der Waals surface area contributed by atoms with Crippen molar-refractivity contribution >= 4 is 11.4 Å². The summed E-state index contributed by atoms with van der Waals surface area (Å²) in [6, 6.07) is 3.85. The molecule has 0 aliphatic heterocycles. The van der Waals surface area contributed by atoms with Gasteiger partial charge in [0.05, 0.1) is 6.57 Å². The van der Waals surface area contributed by atoms with E-state index in [2.05, 4.69) is 32.5 Å². The maximum atomic E-state index is 7.12. The zero-order valence-corrected chi connectivity index (χ0v) is 9.83. The summed E-state index contributed by atoms with van der Waals surface area (Å²) >= 11 is 0. The van der Waals surface area contributed by atoms with Crippen LogP contribution in [0.4, 0.5) is 11.4 Å². The highest BCUT2D eigenvalue weighted by atomic mass is 14.7. The minimum absolute atomic E-state index is 0.299. The van der Waals surface area contributed by atoms with Crippen LogP contribution < -0.4 is 5.73 Å². The summed E-state index contributed by atoms with van der Waals surface area (Å²) < 4.78 is 0. The predicted octanol–water partition coefficient (Wildman–Crippen LogP) is 4.07. The molecule has 0 aromatic heterocycles. The van der Waals surface area contributed by atoms with E-state index < -0.39 is 0 Å². The first-order valence-corrected chi connectivity index (χ1v) is 5.28. The molecule has 0 aliphatic rings. The van der Waals surface area contributed by atoms with Crippen LogP contribution in [-0.2, 0) is 0 Å². The lowest BCUT2D eigenvalue weighted by atomic mass is 9.91. The molecule has 0 spiro atoms. The van der Waals surface area contributed by atoms with Crippen molar-refractivity contribution in [2.24, 2.45) is 0 Å². The zero-order chi connectivity index (χ0) is 11.6.